The lowest BCUT2D eigenvalue weighted by Crippen LogP contribution is -2.12. The molecule has 0 atom stereocenters. The molecule has 0 spiro atoms. The summed E-state index contributed by atoms with van der Waals surface area (Å²) in [4.78, 5) is 16.4. The molecule has 0 saturated carbocycles. The Bertz CT molecular complexity index is 940. The van der Waals surface area contributed by atoms with E-state index in [0.29, 0.717) is 27.6 Å². The predicted molar refractivity (Wildman–Crippen MR) is 91.2 cm³/mol. The first-order chi connectivity index (χ1) is 12.2. The quantitative estimate of drug-likeness (QED) is 0.703. The van der Waals surface area contributed by atoms with Crippen LogP contribution in [0.5, 0.6) is 23.1 Å². The first-order valence-electron chi connectivity index (χ1n) is 7.28. The van der Waals surface area contributed by atoms with Crippen LogP contribution >= 0.6 is 15.9 Å². The van der Waals surface area contributed by atoms with Gasteiger partial charge in [0.1, 0.15) is 11.4 Å². The number of aromatic nitrogens is 1. The Hall–Kier alpha value is -3.00. The molecule has 0 fully saturated rings. The number of benzene rings is 1. The Morgan fingerprint density at radius 2 is 2.04 bits per heavy atom. The van der Waals surface area contributed by atoms with Gasteiger partial charge in [-0.25, -0.2) is 4.98 Å². The van der Waals surface area contributed by atoms with E-state index < -0.39 is 5.91 Å². The third-order valence-electron chi connectivity index (χ3n) is 3.37. The van der Waals surface area contributed by atoms with Gasteiger partial charge in [0, 0.05) is 12.3 Å². The summed E-state index contributed by atoms with van der Waals surface area (Å²) in [7, 11) is 0. The molecule has 3 aromatic rings. The maximum absolute atomic E-state index is 12.2. The third kappa shape index (κ3) is 3.29. The maximum atomic E-state index is 12.2. The van der Waals surface area contributed by atoms with E-state index >= 15 is 0 Å². The molecule has 126 valence electrons. The monoisotopic (exact) mass is 402 g/mol. The summed E-state index contributed by atoms with van der Waals surface area (Å²) in [5.74, 6) is 1.78. The molecule has 1 aromatic carbocycles. The molecule has 1 N–H and O–H groups in total. The highest BCUT2D eigenvalue weighted by Crippen LogP contribution is 2.37. The van der Waals surface area contributed by atoms with E-state index in [1.165, 1.54) is 0 Å². The molecule has 0 bridgehead atoms. The van der Waals surface area contributed by atoms with Gasteiger partial charge in [0.15, 0.2) is 21.9 Å². The molecule has 0 saturated heterocycles. The lowest BCUT2D eigenvalue weighted by atomic mass is 10.3. The van der Waals surface area contributed by atoms with Crippen LogP contribution in [0.2, 0.25) is 0 Å². The summed E-state index contributed by atoms with van der Waals surface area (Å²) >= 11 is 3.16. The molecule has 2 aromatic heterocycles. The molecular formula is C17H11BrN2O5. The number of halogens is 1. The fraction of sp³-hybridized carbons (Fsp3) is 0.0588. The molecular weight excluding hydrogens is 392 g/mol. The second kappa shape index (κ2) is 6.48. The van der Waals surface area contributed by atoms with E-state index in [9.17, 15) is 4.79 Å². The topological polar surface area (TPSA) is 82.8 Å². The SMILES string of the molecule is O=C(Nc1cccnc1Oc1ccc2c(c1)OCO2)c1ccc(Br)o1. The van der Waals surface area contributed by atoms with E-state index in [4.69, 9.17) is 18.6 Å². The van der Waals surface area contributed by atoms with Gasteiger partial charge in [-0.3, -0.25) is 4.79 Å². The summed E-state index contributed by atoms with van der Waals surface area (Å²) in [6, 6.07) is 11.8. The number of rotatable bonds is 4. The van der Waals surface area contributed by atoms with Gasteiger partial charge < -0.3 is 23.9 Å². The van der Waals surface area contributed by atoms with Gasteiger partial charge in [-0.2, -0.15) is 0 Å². The number of hydrogen-bond acceptors (Lipinski definition) is 6. The highest BCUT2D eigenvalue weighted by atomic mass is 79.9. The average Bonchev–Trinajstić information content (AvgIpc) is 3.25. The second-order valence-corrected chi connectivity index (χ2v) is 5.81. The standard InChI is InChI=1S/C17H11BrN2O5/c18-15-6-5-13(25-15)16(21)20-11-2-1-7-19-17(11)24-10-3-4-12-14(8-10)23-9-22-12/h1-8H,9H2,(H,20,21). The van der Waals surface area contributed by atoms with Gasteiger partial charge >= 0.3 is 0 Å². The van der Waals surface area contributed by atoms with E-state index in [2.05, 4.69) is 26.2 Å². The van der Waals surface area contributed by atoms with Crippen molar-refractivity contribution in [3.8, 4) is 23.1 Å². The van der Waals surface area contributed by atoms with Crippen molar-refractivity contribution >= 4 is 27.5 Å². The van der Waals surface area contributed by atoms with Crippen LogP contribution in [0.1, 0.15) is 10.6 Å². The fourth-order valence-electron chi connectivity index (χ4n) is 2.24. The smallest absolute Gasteiger partial charge is 0.291 e. The number of ether oxygens (including phenoxy) is 3. The molecule has 0 radical (unpaired) electrons. The van der Waals surface area contributed by atoms with Gasteiger partial charge in [0.05, 0.1) is 0 Å². The first kappa shape index (κ1) is 15.5. The van der Waals surface area contributed by atoms with Crippen LogP contribution in [0.4, 0.5) is 5.69 Å². The molecule has 1 aliphatic heterocycles. The second-order valence-electron chi connectivity index (χ2n) is 5.03. The number of pyridine rings is 1. The van der Waals surface area contributed by atoms with Crippen molar-refractivity contribution in [2.75, 3.05) is 12.1 Å². The molecule has 4 rings (SSSR count). The Balaban J connectivity index is 1.55. The summed E-state index contributed by atoms with van der Waals surface area (Å²) in [6.07, 6.45) is 1.57. The number of hydrogen-bond donors (Lipinski definition) is 1. The first-order valence-corrected chi connectivity index (χ1v) is 8.07. The van der Waals surface area contributed by atoms with Crippen molar-refractivity contribution in [3.05, 3.63) is 59.1 Å². The largest absolute Gasteiger partial charge is 0.454 e. The van der Waals surface area contributed by atoms with Crippen LogP contribution < -0.4 is 19.5 Å². The van der Waals surface area contributed by atoms with E-state index in [1.54, 1.807) is 48.7 Å². The van der Waals surface area contributed by atoms with Crippen molar-refractivity contribution in [2.24, 2.45) is 0 Å². The zero-order chi connectivity index (χ0) is 17.2. The zero-order valence-electron chi connectivity index (χ0n) is 12.7. The van der Waals surface area contributed by atoms with Gasteiger partial charge in [-0.05, 0) is 52.3 Å². The van der Waals surface area contributed by atoms with E-state index in [-0.39, 0.29) is 18.4 Å². The summed E-state index contributed by atoms with van der Waals surface area (Å²) in [6.45, 7) is 0.183. The van der Waals surface area contributed by atoms with Gasteiger partial charge in [0.2, 0.25) is 12.7 Å². The van der Waals surface area contributed by atoms with Gasteiger partial charge in [-0.15, -0.1) is 0 Å². The minimum Gasteiger partial charge on any atom is -0.454 e. The number of carbonyl (C=O) groups excluding carboxylic acids is 1. The highest BCUT2D eigenvalue weighted by molar-refractivity contribution is 9.10. The molecule has 3 heterocycles. The Labute approximate surface area is 150 Å². The van der Waals surface area contributed by atoms with Crippen LogP contribution in [0.25, 0.3) is 0 Å². The van der Waals surface area contributed by atoms with Crippen molar-refractivity contribution in [1.29, 1.82) is 0 Å². The Morgan fingerprint density at radius 1 is 1.16 bits per heavy atom. The number of carbonyl (C=O) groups is 1. The van der Waals surface area contributed by atoms with Crippen LogP contribution in [0, 0.1) is 0 Å². The average molecular weight is 403 g/mol. The number of nitrogens with one attached hydrogen (secondary N) is 1. The summed E-state index contributed by atoms with van der Waals surface area (Å²) in [5.41, 5.74) is 0.415. The van der Waals surface area contributed by atoms with Gasteiger partial charge in [-0.1, -0.05) is 0 Å². The number of nitrogens with zero attached hydrogens (tertiary/aromatic N) is 1. The summed E-state index contributed by atoms with van der Waals surface area (Å²) < 4.78 is 22.1. The fourth-order valence-corrected chi connectivity index (χ4v) is 2.55. The molecule has 8 heteroatoms. The number of anilines is 1. The molecule has 1 amide bonds. The minimum absolute atomic E-state index is 0.171. The molecule has 25 heavy (non-hydrogen) atoms. The predicted octanol–water partition coefficient (Wildman–Crippen LogP) is 4.21. The van der Waals surface area contributed by atoms with Crippen LogP contribution in [-0.2, 0) is 0 Å². The van der Waals surface area contributed by atoms with Crippen molar-refractivity contribution < 1.29 is 23.4 Å². The Morgan fingerprint density at radius 3 is 2.88 bits per heavy atom. The van der Waals surface area contributed by atoms with Crippen LogP contribution in [0.15, 0.2) is 57.7 Å². The lowest BCUT2D eigenvalue weighted by molar-refractivity contribution is 0.0995. The maximum Gasteiger partial charge on any atom is 0.291 e. The van der Waals surface area contributed by atoms with Gasteiger partial charge in [0.25, 0.3) is 5.91 Å². The van der Waals surface area contributed by atoms with Crippen LogP contribution in [0.3, 0.4) is 0 Å². The minimum atomic E-state index is -0.408. The Kier molecular flexibility index (Phi) is 4.02. The summed E-state index contributed by atoms with van der Waals surface area (Å²) in [5, 5.41) is 2.72. The lowest BCUT2D eigenvalue weighted by Gasteiger charge is -2.10. The van der Waals surface area contributed by atoms with Crippen molar-refractivity contribution in [1.82, 2.24) is 4.98 Å². The van der Waals surface area contributed by atoms with Crippen LogP contribution in [-0.4, -0.2) is 17.7 Å². The van der Waals surface area contributed by atoms with Crippen molar-refractivity contribution in [2.45, 2.75) is 0 Å². The number of furan rings is 1. The van der Waals surface area contributed by atoms with E-state index in [1.807, 2.05) is 0 Å². The molecule has 1 aliphatic rings. The van der Waals surface area contributed by atoms with E-state index in [0.717, 1.165) is 0 Å². The highest BCUT2D eigenvalue weighted by Gasteiger charge is 2.17. The number of amides is 1. The van der Waals surface area contributed by atoms with Crippen molar-refractivity contribution in [3.63, 3.8) is 0 Å². The zero-order valence-corrected chi connectivity index (χ0v) is 14.3. The molecule has 0 unspecified atom stereocenters. The number of fused-ring (bicyclic) bond motifs is 1. The molecule has 7 nitrogen and oxygen atoms in total. The third-order valence-corrected chi connectivity index (χ3v) is 3.80. The molecule has 0 aliphatic carbocycles. The normalized spacial score (nSPS) is 12.0.